The number of nitrogens with one attached hydrogen (secondary N) is 1. The maximum absolute atomic E-state index is 13.8. The van der Waals surface area contributed by atoms with Gasteiger partial charge in [-0.2, -0.15) is 4.31 Å². The van der Waals surface area contributed by atoms with E-state index < -0.39 is 15.8 Å². The number of halogens is 2. The Bertz CT molecular complexity index is 1670. The molecule has 1 aromatic heterocycles. The van der Waals surface area contributed by atoms with Crippen molar-refractivity contribution < 1.29 is 22.3 Å². The quantitative estimate of drug-likeness (QED) is 0.298. The lowest BCUT2D eigenvalue weighted by Crippen LogP contribution is -2.34. The van der Waals surface area contributed by atoms with Crippen LogP contribution in [0.5, 0.6) is 11.5 Å². The molecule has 0 aliphatic rings. The summed E-state index contributed by atoms with van der Waals surface area (Å²) < 4.78 is 53.0. The molecular formula is C28H28ClFN2O5S. The third-order valence-corrected chi connectivity index (χ3v) is 8.64. The van der Waals surface area contributed by atoms with Crippen LogP contribution in [0.2, 0.25) is 5.02 Å². The topological polar surface area (TPSA) is 88.7 Å². The molecule has 1 heterocycles. The van der Waals surface area contributed by atoms with Gasteiger partial charge in [0.2, 0.25) is 10.0 Å². The van der Waals surface area contributed by atoms with Crippen LogP contribution in [-0.4, -0.2) is 38.5 Å². The highest BCUT2D eigenvalue weighted by atomic mass is 35.5. The number of hydrogen-bond donors (Lipinski definition) is 1. The summed E-state index contributed by atoms with van der Waals surface area (Å²) in [7, 11) is -1.10. The summed E-state index contributed by atoms with van der Waals surface area (Å²) in [5, 5.41) is 0.491. The number of sulfonamides is 1. The van der Waals surface area contributed by atoms with E-state index in [1.165, 1.54) is 18.5 Å². The van der Waals surface area contributed by atoms with Gasteiger partial charge >= 0.3 is 0 Å². The minimum Gasteiger partial charge on any atom is -0.493 e. The fourth-order valence-corrected chi connectivity index (χ4v) is 5.88. The number of methoxy groups -OCH3 is 2. The zero-order valence-electron chi connectivity index (χ0n) is 21.5. The number of ether oxygens (including phenoxy) is 2. The molecule has 0 amide bonds. The van der Waals surface area contributed by atoms with Gasteiger partial charge in [-0.3, -0.25) is 4.79 Å². The van der Waals surface area contributed by atoms with E-state index >= 15 is 0 Å². The Labute approximate surface area is 225 Å². The minimum absolute atomic E-state index is 0.0389. The van der Waals surface area contributed by atoms with Gasteiger partial charge in [0.1, 0.15) is 5.82 Å². The van der Waals surface area contributed by atoms with Crippen LogP contribution >= 0.6 is 11.6 Å². The third kappa shape index (κ3) is 5.70. The van der Waals surface area contributed by atoms with E-state index in [0.717, 1.165) is 40.3 Å². The predicted molar refractivity (Wildman–Crippen MR) is 146 cm³/mol. The molecule has 7 nitrogen and oxygen atoms in total. The highest BCUT2D eigenvalue weighted by molar-refractivity contribution is 7.89. The number of nitrogens with zero attached hydrogens (tertiary/aromatic N) is 1. The first kappa shape index (κ1) is 27.6. The molecule has 38 heavy (non-hydrogen) atoms. The number of rotatable bonds is 9. The normalized spacial score (nSPS) is 11.8. The largest absolute Gasteiger partial charge is 0.493 e. The van der Waals surface area contributed by atoms with Crippen LogP contribution in [0, 0.1) is 19.7 Å². The van der Waals surface area contributed by atoms with Crippen molar-refractivity contribution in [3.63, 3.8) is 0 Å². The summed E-state index contributed by atoms with van der Waals surface area (Å²) in [5.41, 5.74) is 3.46. The van der Waals surface area contributed by atoms with Gasteiger partial charge in [-0.25, -0.2) is 12.8 Å². The summed E-state index contributed by atoms with van der Waals surface area (Å²) in [6, 6.07) is 14.1. The number of H-pyrrole nitrogens is 1. The average molecular weight is 559 g/mol. The maximum Gasteiger partial charge on any atom is 0.252 e. The number of hydrogen-bond acceptors (Lipinski definition) is 5. The molecule has 0 saturated carbocycles. The van der Waals surface area contributed by atoms with Crippen molar-refractivity contribution in [2.75, 3.05) is 20.8 Å². The molecule has 4 aromatic rings. The fraction of sp³-hybridized carbons (Fsp3) is 0.250. The molecule has 0 atom stereocenters. The lowest BCUT2D eigenvalue weighted by molar-refractivity contribution is 0.354. The van der Waals surface area contributed by atoms with Gasteiger partial charge in [-0.15, -0.1) is 0 Å². The lowest BCUT2D eigenvalue weighted by atomic mass is 10.0. The summed E-state index contributed by atoms with van der Waals surface area (Å²) in [6.07, 6.45) is 0.318. The van der Waals surface area contributed by atoms with E-state index in [4.69, 9.17) is 21.1 Å². The fourth-order valence-electron chi connectivity index (χ4n) is 4.19. The summed E-state index contributed by atoms with van der Waals surface area (Å²) in [4.78, 5) is 15.7. The van der Waals surface area contributed by atoms with Crippen LogP contribution in [0.4, 0.5) is 4.39 Å². The number of pyridine rings is 1. The van der Waals surface area contributed by atoms with Crippen molar-refractivity contribution in [3.8, 4) is 11.5 Å². The van der Waals surface area contributed by atoms with E-state index in [9.17, 15) is 17.6 Å². The van der Waals surface area contributed by atoms with Crippen molar-refractivity contribution in [2.45, 2.75) is 31.7 Å². The molecule has 0 aliphatic carbocycles. The predicted octanol–water partition coefficient (Wildman–Crippen LogP) is 5.39. The SMILES string of the molecule is COc1ccc(CCN(Cc2cc3cc(C)c(C)cc3[nH]c2=O)S(=O)(=O)c2ccc(F)c(Cl)c2)cc1OC. The monoisotopic (exact) mass is 558 g/mol. The number of aromatic nitrogens is 1. The molecule has 0 aliphatic heterocycles. The number of benzene rings is 3. The van der Waals surface area contributed by atoms with E-state index in [0.29, 0.717) is 23.4 Å². The second kappa shape index (κ2) is 11.1. The smallest absolute Gasteiger partial charge is 0.252 e. The van der Waals surface area contributed by atoms with Crippen LogP contribution in [0.3, 0.4) is 0 Å². The van der Waals surface area contributed by atoms with Gasteiger partial charge in [0.05, 0.1) is 24.1 Å². The van der Waals surface area contributed by atoms with Gasteiger partial charge in [0, 0.05) is 24.2 Å². The number of aromatic amines is 1. The second-order valence-electron chi connectivity index (χ2n) is 9.00. The Balaban J connectivity index is 1.73. The van der Waals surface area contributed by atoms with E-state index in [1.54, 1.807) is 18.2 Å². The van der Waals surface area contributed by atoms with Crippen molar-refractivity contribution in [1.82, 2.24) is 9.29 Å². The van der Waals surface area contributed by atoms with Crippen LogP contribution < -0.4 is 15.0 Å². The first-order valence-corrected chi connectivity index (χ1v) is 13.6. The number of fused-ring (bicyclic) bond motifs is 1. The molecule has 4 rings (SSSR count). The molecule has 0 bridgehead atoms. The van der Waals surface area contributed by atoms with Crippen molar-refractivity contribution in [2.24, 2.45) is 0 Å². The highest BCUT2D eigenvalue weighted by Gasteiger charge is 2.27. The van der Waals surface area contributed by atoms with Crippen LogP contribution in [-0.2, 0) is 23.0 Å². The van der Waals surface area contributed by atoms with E-state index in [1.807, 2.05) is 32.0 Å². The third-order valence-electron chi connectivity index (χ3n) is 6.51. The molecule has 0 radical (unpaired) electrons. The molecule has 1 N–H and O–H groups in total. The molecule has 0 spiro atoms. The van der Waals surface area contributed by atoms with E-state index in [2.05, 4.69) is 4.98 Å². The second-order valence-corrected chi connectivity index (χ2v) is 11.3. The van der Waals surface area contributed by atoms with Gasteiger partial charge in [0.15, 0.2) is 11.5 Å². The molecule has 3 aromatic carbocycles. The number of aryl methyl sites for hydroxylation is 2. The van der Waals surface area contributed by atoms with Gasteiger partial charge in [-0.1, -0.05) is 17.7 Å². The summed E-state index contributed by atoms with van der Waals surface area (Å²) >= 11 is 5.90. The first-order valence-electron chi connectivity index (χ1n) is 11.8. The Kier molecular flexibility index (Phi) is 8.10. The zero-order valence-corrected chi connectivity index (χ0v) is 23.0. The summed E-state index contributed by atoms with van der Waals surface area (Å²) in [6.45, 7) is 3.77. The molecule has 0 saturated heterocycles. The lowest BCUT2D eigenvalue weighted by Gasteiger charge is -2.23. The Morgan fingerprint density at radius 1 is 0.947 bits per heavy atom. The Morgan fingerprint density at radius 2 is 1.66 bits per heavy atom. The Hall–Kier alpha value is -3.40. The van der Waals surface area contributed by atoms with Crippen LogP contribution in [0.1, 0.15) is 22.3 Å². The Morgan fingerprint density at radius 3 is 2.34 bits per heavy atom. The first-order chi connectivity index (χ1) is 18.0. The summed E-state index contributed by atoms with van der Waals surface area (Å²) in [5.74, 6) is 0.343. The molecule has 200 valence electrons. The average Bonchev–Trinajstić information content (AvgIpc) is 2.89. The van der Waals surface area contributed by atoms with Crippen molar-refractivity contribution >= 4 is 32.5 Å². The van der Waals surface area contributed by atoms with Gasteiger partial charge in [-0.05, 0) is 90.9 Å². The minimum atomic E-state index is -4.15. The van der Waals surface area contributed by atoms with Gasteiger partial charge < -0.3 is 14.5 Å². The van der Waals surface area contributed by atoms with Crippen LogP contribution in [0.25, 0.3) is 10.9 Å². The van der Waals surface area contributed by atoms with E-state index in [-0.39, 0.29) is 34.1 Å². The molecule has 10 heteroatoms. The molecule has 0 unspecified atom stereocenters. The van der Waals surface area contributed by atoms with Crippen molar-refractivity contribution in [3.05, 3.63) is 98.0 Å². The highest BCUT2D eigenvalue weighted by Crippen LogP contribution is 2.29. The van der Waals surface area contributed by atoms with Crippen LogP contribution in [0.15, 0.2) is 64.3 Å². The zero-order chi connectivity index (χ0) is 27.6. The van der Waals surface area contributed by atoms with Crippen molar-refractivity contribution in [1.29, 1.82) is 0 Å². The maximum atomic E-state index is 13.8. The van der Waals surface area contributed by atoms with Gasteiger partial charge in [0.25, 0.3) is 5.56 Å². The molecule has 0 fully saturated rings. The standard InChI is InChI=1S/C28H28ClFN2O5S/c1-17-11-20-14-21(28(33)31-25(20)12-18(17)2)16-32(38(34,35)22-6-7-24(30)23(29)15-22)10-9-19-5-8-26(36-3)27(13-19)37-4/h5-8,11-15H,9-10,16H2,1-4H3,(H,31,33). The molecular weight excluding hydrogens is 531 g/mol.